The number of rotatable bonds is 4. The third kappa shape index (κ3) is 4.48. The lowest BCUT2D eigenvalue weighted by atomic mass is 10.0. The minimum atomic E-state index is 0.910. The summed E-state index contributed by atoms with van der Waals surface area (Å²) in [7, 11) is 0. The van der Waals surface area contributed by atoms with Gasteiger partial charge in [-0.2, -0.15) is 0 Å². The Bertz CT molecular complexity index is 1850. The number of hydrogen-bond donors (Lipinski definition) is 2. The summed E-state index contributed by atoms with van der Waals surface area (Å²) in [6.45, 7) is 4.36. The molecule has 8 bridgehead atoms. The van der Waals surface area contributed by atoms with E-state index in [1.165, 1.54) is 11.1 Å². The normalized spacial score (nSPS) is 12.2. The Morgan fingerprint density at radius 1 is 0.500 bits per heavy atom. The molecule has 5 aromatic rings. The molecule has 2 aliphatic heterocycles. The Hall–Kier alpha value is -4.96. The van der Waals surface area contributed by atoms with Crippen molar-refractivity contribution in [1.29, 1.82) is 0 Å². The second-order valence-corrected chi connectivity index (χ2v) is 10.3. The van der Waals surface area contributed by atoms with E-state index in [1.54, 1.807) is 0 Å². The van der Waals surface area contributed by atoms with Gasteiger partial charge < -0.3 is 9.97 Å². The van der Waals surface area contributed by atoms with Gasteiger partial charge in [-0.15, -0.1) is 0 Å². The molecule has 0 radical (unpaired) electrons. The number of aryl methyl sites for hydroxylation is 2. The summed E-state index contributed by atoms with van der Waals surface area (Å²) in [6.07, 6.45) is 10.4. The van der Waals surface area contributed by atoms with Crippen LogP contribution in [0.25, 0.3) is 68.6 Å². The number of fused-ring (bicyclic) bond motifs is 8. The second kappa shape index (κ2) is 9.97. The monoisotopic (exact) mass is 518 g/mol. The molecular weight excluding hydrogens is 488 g/mol. The van der Waals surface area contributed by atoms with Crippen LogP contribution in [0.1, 0.15) is 47.8 Å². The predicted octanol–water partition coefficient (Wildman–Crippen LogP) is 9.11. The number of aromatic amines is 2. The summed E-state index contributed by atoms with van der Waals surface area (Å²) in [5, 5.41) is 0. The SMILES string of the molecule is CCc1ccc(-c2c3nc(cc4ccc([nH]4)c(-c4ccc(CC)cc4)c4ccc(cc5nc2C=C5)[nH]4)C=C3)cc1. The lowest BCUT2D eigenvalue weighted by molar-refractivity contribution is 1.14. The third-order valence-corrected chi connectivity index (χ3v) is 7.70. The first-order chi connectivity index (χ1) is 19.7. The highest BCUT2D eigenvalue weighted by Crippen LogP contribution is 2.32. The van der Waals surface area contributed by atoms with Crippen molar-refractivity contribution in [3.05, 3.63) is 119 Å². The molecular formula is C36H30N4. The first-order valence-electron chi connectivity index (χ1n) is 14.0. The van der Waals surface area contributed by atoms with E-state index in [9.17, 15) is 0 Å². The van der Waals surface area contributed by atoms with Gasteiger partial charge >= 0.3 is 0 Å². The van der Waals surface area contributed by atoms with Crippen molar-refractivity contribution in [3.63, 3.8) is 0 Å². The first-order valence-corrected chi connectivity index (χ1v) is 14.0. The Kier molecular flexibility index (Phi) is 6.01. The van der Waals surface area contributed by atoms with E-state index in [-0.39, 0.29) is 0 Å². The van der Waals surface area contributed by atoms with Gasteiger partial charge in [0, 0.05) is 33.2 Å². The fraction of sp³-hybridized carbons (Fsp3) is 0.111. The summed E-state index contributed by atoms with van der Waals surface area (Å²) in [6, 6.07) is 30.3. The van der Waals surface area contributed by atoms with E-state index >= 15 is 0 Å². The maximum Gasteiger partial charge on any atom is 0.0737 e. The van der Waals surface area contributed by atoms with Crippen molar-refractivity contribution in [2.24, 2.45) is 0 Å². The van der Waals surface area contributed by atoms with Gasteiger partial charge in [0.1, 0.15) is 0 Å². The molecule has 4 heteroatoms. The molecule has 2 aromatic carbocycles. The van der Waals surface area contributed by atoms with Crippen LogP contribution < -0.4 is 0 Å². The lowest BCUT2D eigenvalue weighted by Crippen LogP contribution is -1.90. The Labute approximate surface area is 233 Å². The highest BCUT2D eigenvalue weighted by atomic mass is 14.8. The second-order valence-electron chi connectivity index (χ2n) is 10.3. The molecule has 0 amide bonds. The van der Waals surface area contributed by atoms with E-state index in [0.29, 0.717) is 0 Å². The quantitative estimate of drug-likeness (QED) is 0.244. The molecule has 3 aromatic heterocycles. The third-order valence-electron chi connectivity index (χ3n) is 7.70. The van der Waals surface area contributed by atoms with Gasteiger partial charge in [-0.1, -0.05) is 62.4 Å². The standard InChI is InChI=1S/C36H30N4/c1-3-23-5-9-25(10-6-23)35-31-17-13-27(37-31)21-29-15-19-33(39-29)36(26-11-7-24(4-2)8-12-26)34-20-16-30(40-34)22-28-14-18-32(35)38-28/h5-22,37-38H,3-4H2,1-2H3. The van der Waals surface area contributed by atoms with Crippen LogP contribution in [0.4, 0.5) is 0 Å². The van der Waals surface area contributed by atoms with Crippen LogP contribution in [0.5, 0.6) is 0 Å². The maximum absolute atomic E-state index is 5.04. The van der Waals surface area contributed by atoms with Crippen LogP contribution in [0.3, 0.4) is 0 Å². The van der Waals surface area contributed by atoms with Crippen molar-refractivity contribution in [2.75, 3.05) is 0 Å². The zero-order chi connectivity index (χ0) is 27.1. The molecule has 4 nitrogen and oxygen atoms in total. The van der Waals surface area contributed by atoms with Gasteiger partial charge in [-0.25, -0.2) is 9.97 Å². The fourth-order valence-corrected chi connectivity index (χ4v) is 5.50. The number of nitrogens with zero attached hydrogens (tertiary/aromatic N) is 2. The van der Waals surface area contributed by atoms with E-state index in [4.69, 9.17) is 9.97 Å². The van der Waals surface area contributed by atoms with E-state index in [2.05, 4.69) is 133 Å². The topological polar surface area (TPSA) is 57.4 Å². The molecule has 0 spiro atoms. The van der Waals surface area contributed by atoms with Gasteiger partial charge in [0.15, 0.2) is 0 Å². The van der Waals surface area contributed by atoms with E-state index < -0.39 is 0 Å². The maximum atomic E-state index is 5.04. The number of H-pyrrole nitrogens is 2. The predicted molar refractivity (Wildman–Crippen MR) is 168 cm³/mol. The van der Waals surface area contributed by atoms with Crippen molar-refractivity contribution in [3.8, 4) is 22.3 Å². The van der Waals surface area contributed by atoms with Crippen LogP contribution in [0.2, 0.25) is 0 Å². The van der Waals surface area contributed by atoms with Crippen LogP contribution in [-0.4, -0.2) is 19.9 Å². The number of nitrogens with one attached hydrogen (secondary N) is 2. The molecule has 0 unspecified atom stereocenters. The minimum Gasteiger partial charge on any atom is -0.355 e. The summed E-state index contributed by atoms with van der Waals surface area (Å²) in [5.41, 5.74) is 14.9. The van der Waals surface area contributed by atoms with Crippen molar-refractivity contribution >= 4 is 46.4 Å². The number of hydrogen-bond acceptors (Lipinski definition) is 2. The van der Waals surface area contributed by atoms with Crippen LogP contribution >= 0.6 is 0 Å². The first kappa shape index (κ1) is 24.1. The highest BCUT2D eigenvalue weighted by molar-refractivity contribution is 5.94. The molecule has 0 aliphatic carbocycles. The highest BCUT2D eigenvalue weighted by Gasteiger charge is 2.14. The van der Waals surface area contributed by atoms with Crippen LogP contribution in [-0.2, 0) is 12.8 Å². The largest absolute Gasteiger partial charge is 0.355 e. The summed E-state index contributed by atoms with van der Waals surface area (Å²) >= 11 is 0. The average Bonchev–Trinajstić information content (AvgIpc) is 3.80. The molecule has 0 atom stereocenters. The smallest absolute Gasteiger partial charge is 0.0737 e. The van der Waals surface area contributed by atoms with Gasteiger partial charge in [-0.05, 0) is 95.8 Å². The Morgan fingerprint density at radius 2 is 0.950 bits per heavy atom. The lowest BCUT2D eigenvalue weighted by Gasteiger charge is -2.06. The molecule has 0 saturated heterocycles. The van der Waals surface area contributed by atoms with Crippen LogP contribution in [0, 0.1) is 0 Å². The fourth-order valence-electron chi connectivity index (χ4n) is 5.50. The minimum absolute atomic E-state index is 0.910. The van der Waals surface area contributed by atoms with Crippen molar-refractivity contribution in [2.45, 2.75) is 26.7 Å². The summed E-state index contributed by atoms with van der Waals surface area (Å²) in [4.78, 5) is 17.4. The molecule has 40 heavy (non-hydrogen) atoms. The van der Waals surface area contributed by atoms with Crippen LogP contribution in [0.15, 0.2) is 84.9 Å². The van der Waals surface area contributed by atoms with Gasteiger partial charge in [0.2, 0.25) is 0 Å². The summed E-state index contributed by atoms with van der Waals surface area (Å²) < 4.78 is 0. The number of benzene rings is 2. The molecule has 194 valence electrons. The molecule has 0 fully saturated rings. The van der Waals surface area contributed by atoms with Crippen molar-refractivity contribution < 1.29 is 0 Å². The summed E-state index contributed by atoms with van der Waals surface area (Å²) in [5.74, 6) is 0. The van der Waals surface area contributed by atoms with Gasteiger partial charge in [0.25, 0.3) is 0 Å². The molecule has 0 saturated carbocycles. The van der Waals surface area contributed by atoms with E-state index in [1.807, 2.05) is 0 Å². The molecule has 2 aliphatic rings. The Balaban J connectivity index is 1.52. The van der Waals surface area contributed by atoms with Gasteiger partial charge in [0.05, 0.1) is 22.8 Å². The van der Waals surface area contributed by atoms with Gasteiger partial charge in [-0.3, -0.25) is 0 Å². The Morgan fingerprint density at radius 3 is 1.40 bits per heavy atom. The zero-order valence-electron chi connectivity index (χ0n) is 22.7. The number of aromatic nitrogens is 4. The molecule has 2 N–H and O–H groups in total. The van der Waals surface area contributed by atoms with Crippen molar-refractivity contribution in [1.82, 2.24) is 19.9 Å². The zero-order valence-corrected chi connectivity index (χ0v) is 22.7. The molecule has 7 rings (SSSR count). The van der Waals surface area contributed by atoms with E-state index in [0.717, 1.165) is 79.9 Å². The molecule has 5 heterocycles. The average molecular weight is 519 g/mol.